The lowest BCUT2D eigenvalue weighted by atomic mass is 9.93. The number of rotatable bonds is 3. The van der Waals surface area contributed by atoms with Gasteiger partial charge in [-0.1, -0.05) is 18.2 Å². The molecule has 24 heavy (non-hydrogen) atoms. The molecule has 1 N–H and O–H groups in total. The third kappa shape index (κ3) is 3.04. The molecule has 2 atom stereocenters. The van der Waals surface area contributed by atoms with Crippen LogP contribution >= 0.6 is 0 Å². The molecule has 1 amide bonds. The summed E-state index contributed by atoms with van der Waals surface area (Å²) in [6.45, 7) is 3.85. The number of aliphatic carboxylic acids is 1. The number of carboxylic acid groups (broad SMARTS) is 1. The summed E-state index contributed by atoms with van der Waals surface area (Å²) in [5, 5.41) is 9.23. The van der Waals surface area contributed by atoms with Crippen molar-refractivity contribution >= 4 is 11.9 Å². The molecule has 6 nitrogen and oxygen atoms in total. The standard InChI is InChI=1S/C18H20N2O4/c1-11-8-9-14(18(22)23)10-20(11)17(21)15-12(2)24-16(19-15)13-6-4-3-5-7-13/h3-7,11,14H,8-10H2,1-2H3,(H,22,23). The quantitative estimate of drug-likeness (QED) is 0.936. The summed E-state index contributed by atoms with van der Waals surface area (Å²) in [6.07, 6.45) is 1.26. The van der Waals surface area contributed by atoms with Crippen LogP contribution in [-0.4, -0.2) is 39.5 Å². The minimum Gasteiger partial charge on any atom is -0.481 e. The highest BCUT2D eigenvalue weighted by Crippen LogP contribution is 2.27. The van der Waals surface area contributed by atoms with Gasteiger partial charge in [0.15, 0.2) is 5.69 Å². The predicted octanol–water partition coefficient (Wildman–Crippen LogP) is 2.98. The molecule has 1 fully saturated rings. The fourth-order valence-corrected chi connectivity index (χ4v) is 3.03. The Bertz CT molecular complexity index is 754. The molecule has 3 rings (SSSR count). The van der Waals surface area contributed by atoms with Crippen molar-refractivity contribution in [1.82, 2.24) is 9.88 Å². The second-order valence-electron chi connectivity index (χ2n) is 6.21. The second kappa shape index (κ2) is 6.47. The summed E-state index contributed by atoms with van der Waals surface area (Å²) >= 11 is 0. The lowest BCUT2D eigenvalue weighted by molar-refractivity contribution is -0.143. The van der Waals surface area contributed by atoms with Crippen LogP contribution in [0.2, 0.25) is 0 Å². The van der Waals surface area contributed by atoms with Crippen LogP contribution < -0.4 is 0 Å². The van der Waals surface area contributed by atoms with Crippen LogP contribution in [0.15, 0.2) is 34.7 Å². The Morgan fingerprint density at radius 1 is 1.25 bits per heavy atom. The molecule has 1 aliphatic rings. The number of likely N-dealkylation sites (tertiary alicyclic amines) is 1. The third-order valence-corrected chi connectivity index (χ3v) is 4.51. The Morgan fingerprint density at radius 2 is 1.96 bits per heavy atom. The SMILES string of the molecule is Cc1oc(-c2ccccc2)nc1C(=O)N1CC(C(=O)O)CCC1C. The Balaban J connectivity index is 1.87. The molecular formula is C18H20N2O4. The Labute approximate surface area is 140 Å². The van der Waals surface area contributed by atoms with Crippen molar-refractivity contribution in [2.75, 3.05) is 6.54 Å². The van der Waals surface area contributed by atoms with E-state index in [4.69, 9.17) is 4.42 Å². The summed E-state index contributed by atoms with van der Waals surface area (Å²) in [4.78, 5) is 30.1. The van der Waals surface area contributed by atoms with Gasteiger partial charge >= 0.3 is 5.97 Å². The molecule has 126 valence electrons. The number of aryl methyl sites for hydroxylation is 1. The summed E-state index contributed by atoms with van der Waals surface area (Å²) in [5.41, 5.74) is 1.06. The van der Waals surface area contributed by atoms with Crippen LogP contribution in [-0.2, 0) is 4.79 Å². The lowest BCUT2D eigenvalue weighted by Gasteiger charge is -2.36. The molecule has 1 aliphatic heterocycles. The minimum atomic E-state index is -0.860. The van der Waals surface area contributed by atoms with Gasteiger partial charge in [0.05, 0.1) is 5.92 Å². The van der Waals surface area contributed by atoms with Crippen LogP contribution in [0, 0.1) is 12.8 Å². The molecule has 0 aliphatic carbocycles. The van der Waals surface area contributed by atoms with Crippen molar-refractivity contribution in [2.24, 2.45) is 5.92 Å². The maximum Gasteiger partial charge on any atom is 0.308 e. The van der Waals surface area contributed by atoms with E-state index in [0.717, 1.165) is 5.56 Å². The van der Waals surface area contributed by atoms with Crippen molar-refractivity contribution in [1.29, 1.82) is 0 Å². The van der Waals surface area contributed by atoms with E-state index in [2.05, 4.69) is 4.98 Å². The highest BCUT2D eigenvalue weighted by Gasteiger charge is 2.34. The zero-order valence-electron chi connectivity index (χ0n) is 13.7. The average molecular weight is 328 g/mol. The Hall–Kier alpha value is -2.63. The molecule has 0 radical (unpaired) electrons. The lowest BCUT2D eigenvalue weighted by Crippen LogP contribution is -2.47. The molecule has 0 spiro atoms. The average Bonchev–Trinajstić information content (AvgIpc) is 2.97. The Kier molecular flexibility index (Phi) is 4.38. The largest absolute Gasteiger partial charge is 0.481 e. The number of amides is 1. The molecule has 2 heterocycles. The van der Waals surface area contributed by atoms with Crippen LogP contribution in [0.4, 0.5) is 0 Å². The predicted molar refractivity (Wildman–Crippen MR) is 87.5 cm³/mol. The van der Waals surface area contributed by atoms with Gasteiger partial charge in [-0.25, -0.2) is 4.98 Å². The maximum absolute atomic E-state index is 12.9. The van der Waals surface area contributed by atoms with Crippen molar-refractivity contribution in [3.8, 4) is 11.5 Å². The first-order chi connectivity index (χ1) is 11.5. The number of oxazole rings is 1. The van der Waals surface area contributed by atoms with Gasteiger partial charge in [0.2, 0.25) is 5.89 Å². The zero-order valence-corrected chi connectivity index (χ0v) is 13.7. The summed E-state index contributed by atoms with van der Waals surface area (Å²) in [7, 11) is 0. The van der Waals surface area contributed by atoms with Gasteiger partial charge < -0.3 is 14.4 Å². The highest BCUT2D eigenvalue weighted by atomic mass is 16.4. The molecule has 0 saturated carbocycles. The number of carbonyl (C=O) groups is 2. The van der Waals surface area contributed by atoms with Crippen LogP contribution in [0.25, 0.3) is 11.5 Å². The van der Waals surface area contributed by atoms with Gasteiger partial charge in [-0.05, 0) is 38.8 Å². The summed E-state index contributed by atoms with van der Waals surface area (Å²) < 4.78 is 5.65. The number of piperidine rings is 1. The van der Waals surface area contributed by atoms with Gasteiger partial charge in [0, 0.05) is 18.2 Å². The molecule has 2 unspecified atom stereocenters. The fourth-order valence-electron chi connectivity index (χ4n) is 3.03. The van der Waals surface area contributed by atoms with E-state index >= 15 is 0 Å². The molecule has 6 heteroatoms. The molecule has 1 saturated heterocycles. The minimum absolute atomic E-state index is 0.00984. The molecule has 0 bridgehead atoms. The fraction of sp³-hybridized carbons (Fsp3) is 0.389. The molecule has 2 aromatic rings. The van der Waals surface area contributed by atoms with Crippen LogP contribution in [0.5, 0.6) is 0 Å². The smallest absolute Gasteiger partial charge is 0.308 e. The normalized spacial score (nSPS) is 20.8. The van der Waals surface area contributed by atoms with Crippen LogP contribution in [0.1, 0.15) is 36.0 Å². The number of carbonyl (C=O) groups excluding carboxylic acids is 1. The molecule has 1 aromatic carbocycles. The van der Waals surface area contributed by atoms with Crippen molar-refractivity contribution < 1.29 is 19.1 Å². The number of carboxylic acids is 1. The van der Waals surface area contributed by atoms with Crippen molar-refractivity contribution in [2.45, 2.75) is 32.7 Å². The highest BCUT2D eigenvalue weighted by molar-refractivity contribution is 5.94. The second-order valence-corrected chi connectivity index (χ2v) is 6.21. The number of hydrogen-bond donors (Lipinski definition) is 1. The monoisotopic (exact) mass is 328 g/mol. The van der Waals surface area contributed by atoms with E-state index in [1.54, 1.807) is 11.8 Å². The van der Waals surface area contributed by atoms with E-state index < -0.39 is 11.9 Å². The first-order valence-electron chi connectivity index (χ1n) is 8.04. The van der Waals surface area contributed by atoms with E-state index in [0.29, 0.717) is 24.5 Å². The summed E-state index contributed by atoms with van der Waals surface area (Å²) in [6, 6.07) is 9.37. The van der Waals surface area contributed by atoms with E-state index in [9.17, 15) is 14.7 Å². The van der Waals surface area contributed by atoms with Gasteiger partial charge in [0.1, 0.15) is 5.76 Å². The number of benzene rings is 1. The molecular weight excluding hydrogens is 308 g/mol. The number of aromatic nitrogens is 1. The Morgan fingerprint density at radius 3 is 2.62 bits per heavy atom. The van der Waals surface area contributed by atoms with Crippen molar-refractivity contribution in [3.63, 3.8) is 0 Å². The van der Waals surface area contributed by atoms with Crippen molar-refractivity contribution in [3.05, 3.63) is 41.8 Å². The van der Waals surface area contributed by atoms with E-state index in [-0.39, 0.29) is 24.2 Å². The molecule has 1 aromatic heterocycles. The van der Waals surface area contributed by atoms with E-state index in [1.807, 2.05) is 37.3 Å². The van der Waals surface area contributed by atoms with Gasteiger partial charge in [0.25, 0.3) is 5.91 Å². The van der Waals surface area contributed by atoms with Gasteiger partial charge in [-0.2, -0.15) is 0 Å². The van der Waals surface area contributed by atoms with Crippen LogP contribution in [0.3, 0.4) is 0 Å². The first kappa shape index (κ1) is 16.2. The van der Waals surface area contributed by atoms with Gasteiger partial charge in [-0.3, -0.25) is 9.59 Å². The first-order valence-corrected chi connectivity index (χ1v) is 8.04. The summed E-state index contributed by atoms with van der Waals surface area (Å²) in [5.74, 6) is -0.802. The third-order valence-electron chi connectivity index (χ3n) is 4.51. The zero-order chi connectivity index (χ0) is 17.3. The number of nitrogens with zero attached hydrogens (tertiary/aromatic N) is 2. The maximum atomic E-state index is 12.9. The topological polar surface area (TPSA) is 83.6 Å². The van der Waals surface area contributed by atoms with Gasteiger partial charge in [-0.15, -0.1) is 0 Å². The van der Waals surface area contributed by atoms with E-state index in [1.165, 1.54) is 0 Å². The number of hydrogen-bond acceptors (Lipinski definition) is 4.